The van der Waals surface area contributed by atoms with Gasteiger partial charge in [-0.25, -0.2) is 0 Å². The third-order valence-electron chi connectivity index (χ3n) is 1.59. The van der Waals surface area contributed by atoms with Crippen LogP contribution in [0.3, 0.4) is 0 Å². The summed E-state index contributed by atoms with van der Waals surface area (Å²) in [4.78, 5) is 0. The molecule has 0 heterocycles. The highest BCUT2D eigenvalue weighted by Gasteiger charge is 2.10. The molecule has 0 fully saturated rings. The molecule has 0 bridgehead atoms. The summed E-state index contributed by atoms with van der Waals surface area (Å²) in [6.45, 7) is 7.73. The predicted octanol–water partition coefficient (Wildman–Crippen LogP) is 2.10. The van der Waals surface area contributed by atoms with Crippen molar-refractivity contribution in [2.45, 2.75) is 26.7 Å². The summed E-state index contributed by atoms with van der Waals surface area (Å²) in [5.41, 5.74) is 0. The number of aliphatic hydroxyl groups is 2. The summed E-state index contributed by atoms with van der Waals surface area (Å²) in [7, 11) is 0. The van der Waals surface area contributed by atoms with Crippen LogP contribution in [0.1, 0.15) is 26.7 Å². The first-order chi connectivity index (χ1) is 5.06. The van der Waals surface area contributed by atoms with Gasteiger partial charge in [0, 0.05) is 13.0 Å². The SMILES string of the molecule is C=C(O)CC(CO)CC(C)C. The molecule has 0 aromatic heterocycles. The van der Waals surface area contributed by atoms with Gasteiger partial charge in [-0.2, -0.15) is 0 Å². The molecule has 1 atom stereocenters. The molecule has 0 aromatic carbocycles. The van der Waals surface area contributed by atoms with Gasteiger partial charge in [0.25, 0.3) is 0 Å². The number of hydrogen-bond donors (Lipinski definition) is 2. The van der Waals surface area contributed by atoms with Crippen molar-refractivity contribution >= 4 is 0 Å². The van der Waals surface area contributed by atoms with Crippen LogP contribution in [0, 0.1) is 11.8 Å². The van der Waals surface area contributed by atoms with Crippen LogP contribution in [0.15, 0.2) is 12.3 Å². The fourth-order valence-corrected chi connectivity index (χ4v) is 1.22. The Morgan fingerprint density at radius 2 is 2.00 bits per heavy atom. The first kappa shape index (κ1) is 10.5. The molecule has 0 saturated heterocycles. The topological polar surface area (TPSA) is 40.5 Å². The molecule has 0 amide bonds. The lowest BCUT2D eigenvalue weighted by atomic mass is 9.94. The first-order valence-corrected chi connectivity index (χ1v) is 4.03. The lowest BCUT2D eigenvalue weighted by Crippen LogP contribution is -2.09. The maximum absolute atomic E-state index is 8.87. The van der Waals surface area contributed by atoms with Gasteiger partial charge in [0.15, 0.2) is 0 Å². The first-order valence-electron chi connectivity index (χ1n) is 4.03. The van der Waals surface area contributed by atoms with Crippen LogP contribution < -0.4 is 0 Å². The van der Waals surface area contributed by atoms with Crippen molar-refractivity contribution in [3.05, 3.63) is 12.3 Å². The molecule has 2 N–H and O–H groups in total. The fourth-order valence-electron chi connectivity index (χ4n) is 1.22. The van der Waals surface area contributed by atoms with Crippen molar-refractivity contribution < 1.29 is 10.2 Å². The average molecular weight is 158 g/mol. The van der Waals surface area contributed by atoms with Gasteiger partial charge >= 0.3 is 0 Å². The standard InChI is InChI=1S/C9H18O2/c1-7(2)4-9(6-10)5-8(3)11/h7,9-11H,3-6H2,1-2H3. The lowest BCUT2D eigenvalue weighted by molar-refractivity contribution is 0.191. The normalized spacial score (nSPS) is 13.5. The van der Waals surface area contributed by atoms with Crippen molar-refractivity contribution in [3.63, 3.8) is 0 Å². The minimum atomic E-state index is 0.137. The third kappa shape index (κ3) is 5.92. The van der Waals surface area contributed by atoms with Crippen LogP contribution in [0.4, 0.5) is 0 Å². The minimum Gasteiger partial charge on any atom is -0.513 e. The van der Waals surface area contributed by atoms with Gasteiger partial charge in [-0.15, -0.1) is 0 Å². The number of rotatable bonds is 5. The van der Waals surface area contributed by atoms with E-state index >= 15 is 0 Å². The Kier molecular flexibility index (Phi) is 4.95. The van der Waals surface area contributed by atoms with Crippen LogP contribution in [0.2, 0.25) is 0 Å². The van der Waals surface area contributed by atoms with E-state index in [1.165, 1.54) is 0 Å². The molecular formula is C9H18O2. The van der Waals surface area contributed by atoms with E-state index in [1.54, 1.807) is 0 Å². The molecule has 0 aliphatic heterocycles. The summed E-state index contributed by atoms with van der Waals surface area (Å²) >= 11 is 0. The number of allylic oxidation sites excluding steroid dienone is 1. The van der Waals surface area contributed by atoms with Crippen LogP contribution in [-0.2, 0) is 0 Å². The highest BCUT2D eigenvalue weighted by atomic mass is 16.3. The predicted molar refractivity (Wildman–Crippen MR) is 46.4 cm³/mol. The summed E-state index contributed by atoms with van der Waals surface area (Å²) in [5, 5.41) is 17.7. The second kappa shape index (κ2) is 5.19. The second-order valence-corrected chi connectivity index (χ2v) is 3.45. The van der Waals surface area contributed by atoms with Crippen LogP contribution in [0.25, 0.3) is 0 Å². The minimum absolute atomic E-state index is 0.137. The van der Waals surface area contributed by atoms with Crippen LogP contribution in [-0.4, -0.2) is 16.8 Å². The lowest BCUT2D eigenvalue weighted by Gasteiger charge is -2.14. The highest BCUT2D eigenvalue weighted by Crippen LogP contribution is 2.17. The largest absolute Gasteiger partial charge is 0.513 e. The van der Waals surface area contributed by atoms with E-state index in [0.29, 0.717) is 12.3 Å². The molecule has 2 nitrogen and oxygen atoms in total. The molecule has 0 aliphatic rings. The molecule has 0 aromatic rings. The van der Waals surface area contributed by atoms with Gasteiger partial charge < -0.3 is 10.2 Å². The van der Waals surface area contributed by atoms with E-state index in [0.717, 1.165) is 6.42 Å². The molecule has 1 unspecified atom stereocenters. The number of hydrogen-bond acceptors (Lipinski definition) is 2. The molecule has 0 spiro atoms. The highest BCUT2D eigenvalue weighted by molar-refractivity contribution is 4.82. The Balaban J connectivity index is 3.66. The Hall–Kier alpha value is -0.500. The summed E-state index contributed by atoms with van der Waals surface area (Å²) in [5.74, 6) is 0.906. The van der Waals surface area contributed by atoms with Gasteiger partial charge in [0.1, 0.15) is 0 Å². The zero-order valence-electron chi connectivity index (χ0n) is 7.38. The van der Waals surface area contributed by atoms with Crippen molar-refractivity contribution in [2.75, 3.05) is 6.61 Å². The number of aliphatic hydroxyl groups excluding tert-OH is 2. The maximum atomic E-state index is 8.87. The van der Waals surface area contributed by atoms with E-state index in [2.05, 4.69) is 20.4 Å². The zero-order valence-corrected chi connectivity index (χ0v) is 7.38. The monoisotopic (exact) mass is 158 g/mol. The Morgan fingerprint density at radius 3 is 2.27 bits per heavy atom. The van der Waals surface area contributed by atoms with Crippen molar-refractivity contribution in [1.29, 1.82) is 0 Å². The molecule has 0 aliphatic carbocycles. The van der Waals surface area contributed by atoms with E-state index in [9.17, 15) is 0 Å². The van der Waals surface area contributed by atoms with E-state index < -0.39 is 0 Å². The van der Waals surface area contributed by atoms with Gasteiger partial charge in [0.05, 0.1) is 5.76 Å². The van der Waals surface area contributed by atoms with Gasteiger partial charge in [-0.05, 0) is 18.3 Å². The van der Waals surface area contributed by atoms with Crippen LogP contribution >= 0.6 is 0 Å². The van der Waals surface area contributed by atoms with Crippen molar-refractivity contribution in [1.82, 2.24) is 0 Å². The fraction of sp³-hybridized carbons (Fsp3) is 0.778. The van der Waals surface area contributed by atoms with Crippen molar-refractivity contribution in [2.24, 2.45) is 11.8 Å². The van der Waals surface area contributed by atoms with E-state index in [1.807, 2.05) is 0 Å². The van der Waals surface area contributed by atoms with Crippen molar-refractivity contribution in [3.8, 4) is 0 Å². The van der Waals surface area contributed by atoms with Crippen LogP contribution in [0.5, 0.6) is 0 Å². The zero-order chi connectivity index (χ0) is 8.85. The third-order valence-corrected chi connectivity index (χ3v) is 1.59. The molecule has 0 saturated carbocycles. The molecule has 2 heteroatoms. The average Bonchev–Trinajstić information content (AvgIpc) is 1.84. The molecule has 0 rings (SSSR count). The Morgan fingerprint density at radius 1 is 1.45 bits per heavy atom. The smallest absolute Gasteiger partial charge is 0.0854 e. The summed E-state index contributed by atoms with van der Waals surface area (Å²) < 4.78 is 0. The van der Waals surface area contributed by atoms with E-state index in [4.69, 9.17) is 10.2 Å². The molecular weight excluding hydrogens is 140 g/mol. The quantitative estimate of drug-likeness (QED) is 0.601. The van der Waals surface area contributed by atoms with Gasteiger partial charge in [-0.1, -0.05) is 20.4 Å². The molecule has 11 heavy (non-hydrogen) atoms. The van der Waals surface area contributed by atoms with Gasteiger partial charge in [0.2, 0.25) is 0 Å². The Labute approximate surface area is 68.6 Å². The molecule has 66 valence electrons. The maximum Gasteiger partial charge on any atom is 0.0854 e. The summed E-state index contributed by atoms with van der Waals surface area (Å²) in [6, 6.07) is 0. The second-order valence-electron chi connectivity index (χ2n) is 3.45. The summed E-state index contributed by atoms with van der Waals surface area (Å²) in [6.07, 6.45) is 1.46. The van der Waals surface area contributed by atoms with Gasteiger partial charge in [-0.3, -0.25) is 0 Å². The molecule has 0 radical (unpaired) electrons. The Bertz CT molecular complexity index is 119. The van der Waals surface area contributed by atoms with E-state index in [-0.39, 0.29) is 18.3 Å².